The van der Waals surface area contributed by atoms with E-state index in [-0.39, 0.29) is 24.6 Å². The molecule has 0 saturated carbocycles. The Hall–Kier alpha value is -2.16. The van der Waals surface area contributed by atoms with Gasteiger partial charge < -0.3 is 15.4 Å². The summed E-state index contributed by atoms with van der Waals surface area (Å²) >= 11 is 0. The Morgan fingerprint density at radius 1 is 1.16 bits per heavy atom. The lowest BCUT2D eigenvalue weighted by Crippen LogP contribution is -2.50. The molecular weight excluding hydrogens is 344 g/mol. The molecule has 0 heterocycles. The first kappa shape index (κ1) is 20.9. The molecule has 0 aliphatic carbocycles. The van der Waals surface area contributed by atoms with Crippen LogP contribution >= 0.6 is 0 Å². The van der Waals surface area contributed by atoms with Crippen molar-refractivity contribution in [3.8, 4) is 0 Å². The largest absolute Gasteiger partial charge is 0.411 e. The zero-order valence-corrected chi connectivity index (χ0v) is 13.8. The smallest absolute Gasteiger partial charge is 0.370 e. The van der Waals surface area contributed by atoms with Crippen molar-refractivity contribution < 1.29 is 31.9 Å². The van der Waals surface area contributed by atoms with Crippen molar-refractivity contribution in [1.82, 2.24) is 10.6 Å². The maximum absolute atomic E-state index is 12.9. The lowest BCUT2D eigenvalue weighted by Gasteiger charge is -2.21. The number of alkyl halides is 3. The average Bonchev–Trinajstić information content (AvgIpc) is 2.51. The third kappa shape index (κ3) is 7.97. The highest BCUT2D eigenvalue weighted by molar-refractivity contribution is 5.97. The topological polar surface area (TPSA) is 67.4 Å². The lowest BCUT2D eigenvalue weighted by molar-refractivity contribution is -0.173. The van der Waals surface area contributed by atoms with Gasteiger partial charge in [-0.1, -0.05) is 13.8 Å². The number of halogens is 4. The number of rotatable bonds is 8. The van der Waals surface area contributed by atoms with E-state index in [1.54, 1.807) is 13.8 Å². The number of carbonyl (C=O) groups is 2. The monoisotopic (exact) mass is 364 g/mol. The number of carbonyl (C=O) groups excluding carboxylic acids is 2. The third-order valence-corrected chi connectivity index (χ3v) is 3.15. The van der Waals surface area contributed by atoms with E-state index in [4.69, 9.17) is 0 Å². The van der Waals surface area contributed by atoms with Gasteiger partial charge >= 0.3 is 6.18 Å². The van der Waals surface area contributed by atoms with Gasteiger partial charge in [0.15, 0.2) is 0 Å². The normalized spacial score (nSPS) is 12.8. The molecule has 1 unspecified atom stereocenters. The van der Waals surface area contributed by atoms with Gasteiger partial charge in [-0.25, -0.2) is 4.39 Å². The van der Waals surface area contributed by atoms with Gasteiger partial charge in [0.2, 0.25) is 5.91 Å². The number of hydrogen-bond donors (Lipinski definition) is 2. The lowest BCUT2D eigenvalue weighted by atomic mass is 10.0. The molecule has 1 aromatic carbocycles. The van der Waals surface area contributed by atoms with E-state index in [2.05, 4.69) is 15.4 Å². The number of amides is 2. The standard InChI is InChI=1S/C16H20F4N2O3/c1-10(2)13(15(24)21-7-8-25-9-16(18,19)20)22-14(23)11-3-5-12(17)6-4-11/h3-6,10,13H,7-9H2,1-2H3,(H,21,24)(H,22,23). The minimum absolute atomic E-state index is 0.120. The van der Waals surface area contributed by atoms with Crippen LogP contribution < -0.4 is 10.6 Å². The van der Waals surface area contributed by atoms with E-state index in [1.165, 1.54) is 12.1 Å². The highest BCUT2D eigenvalue weighted by Gasteiger charge is 2.27. The Labute approximate surface area is 142 Å². The van der Waals surface area contributed by atoms with Crippen LogP contribution in [0.25, 0.3) is 0 Å². The van der Waals surface area contributed by atoms with Gasteiger partial charge in [0.05, 0.1) is 6.61 Å². The summed E-state index contributed by atoms with van der Waals surface area (Å²) in [6, 6.07) is 3.92. The fraction of sp³-hybridized carbons (Fsp3) is 0.500. The summed E-state index contributed by atoms with van der Waals surface area (Å²) in [5.74, 6) is -1.85. The third-order valence-electron chi connectivity index (χ3n) is 3.15. The van der Waals surface area contributed by atoms with Gasteiger partial charge in [-0.2, -0.15) is 13.2 Å². The summed E-state index contributed by atoms with van der Waals surface area (Å²) in [5, 5.41) is 4.93. The maximum Gasteiger partial charge on any atom is 0.411 e. The molecule has 0 bridgehead atoms. The van der Waals surface area contributed by atoms with Crippen LogP contribution in [0.4, 0.5) is 17.6 Å². The molecule has 0 radical (unpaired) electrons. The fourth-order valence-electron chi connectivity index (χ4n) is 1.91. The first-order valence-corrected chi connectivity index (χ1v) is 7.59. The Kier molecular flexibility index (Phi) is 7.82. The second-order valence-corrected chi connectivity index (χ2v) is 5.66. The van der Waals surface area contributed by atoms with Gasteiger partial charge in [-0.3, -0.25) is 9.59 Å². The Balaban J connectivity index is 2.51. The van der Waals surface area contributed by atoms with E-state index in [1.807, 2.05) is 0 Å². The van der Waals surface area contributed by atoms with Gasteiger partial charge in [-0.15, -0.1) is 0 Å². The van der Waals surface area contributed by atoms with Crippen molar-refractivity contribution in [2.24, 2.45) is 5.92 Å². The summed E-state index contributed by atoms with van der Waals surface area (Å²) in [4.78, 5) is 24.2. The van der Waals surface area contributed by atoms with Crippen LogP contribution in [0, 0.1) is 11.7 Å². The zero-order chi connectivity index (χ0) is 19.0. The van der Waals surface area contributed by atoms with Crippen LogP contribution in [0.1, 0.15) is 24.2 Å². The van der Waals surface area contributed by atoms with Crippen molar-refractivity contribution in [3.63, 3.8) is 0 Å². The minimum Gasteiger partial charge on any atom is -0.370 e. The molecule has 1 atom stereocenters. The van der Waals surface area contributed by atoms with E-state index < -0.39 is 36.5 Å². The molecule has 140 valence electrons. The highest BCUT2D eigenvalue weighted by atomic mass is 19.4. The quantitative estimate of drug-likeness (QED) is 0.549. The number of benzene rings is 1. The van der Waals surface area contributed by atoms with Crippen molar-refractivity contribution in [2.45, 2.75) is 26.1 Å². The van der Waals surface area contributed by atoms with E-state index >= 15 is 0 Å². The first-order chi connectivity index (χ1) is 11.6. The molecule has 0 spiro atoms. The first-order valence-electron chi connectivity index (χ1n) is 7.59. The predicted octanol–water partition coefficient (Wildman–Crippen LogP) is 2.28. The minimum atomic E-state index is -4.42. The van der Waals surface area contributed by atoms with E-state index in [9.17, 15) is 27.2 Å². The van der Waals surface area contributed by atoms with Crippen molar-refractivity contribution in [1.29, 1.82) is 0 Å². The molecule has 0 aliphatic heterocycles. The molecule has 0 saturated heterocycles. The molecule has 2 N–H and O–H groups in total. The summed E-state index contributed by atoms with van der Waals surface area (Å²) < 4.78 is 53.0. The molecule has 25 heavy (non-hydrogen) atoms. The van der Waals surface area contributed by atoms with Crippen molar-refractivity contribution >= 4 is 11.8 Å². The van der Waals surface area contributed by atoms with E-state index in [0.717, 1.165) is 12.1 Å². The second-order valence-electron chi connectivity index (χ2n) is 5.66. The van der Waals surface area contributed by atoms with Gasteiger partial charge in [0, 0.05) is 12.1 Å². The highest BCUT2D eigenvalue weighted by Crippen LogP contribution is 2.14. The van der Waals surface area contributed by atoms with Crippen LogP contribution in [0.15, 0.2) is 24.3 Å². The van der Waals surface area contributed by atoms with Gasteiger partial charge in [0.1, 0.15) is 18.5 Å². The van der Waals surface area contributed by atoms with Gasteiger partial charge in [-0.05, 0) is 30.2 Å². The molecule has 2 amide bonds. The van der Waals surface area contributed by atoms with Crippen molar-refractivity contribution in [3.05, 3.63) is 35.6 Å². The van der Waals surface area contributed by atoms with Gasteiger partial charge in [0.25, 0.3) is 5.91 Å². The predicted molar refractivity (Wildman–Crippen MR) is 82.4 cm³/mol. The molecular formula is C16H20F4N2O3. The molecule has 0 fully saturated rings. The maximum atomic E-state index is 12.9. The molecule has 1 rings (SSSR count). The molecule has 1 aromatic rings. The average molecular weight is 364 g/mol. The summed E-state index contributed by atoms with van der Waals surface area (Å²) in [5.41, 5.74) is 0.188. The molecule has 5 nitrogen and oxygen atoms in total. The summed E-state index contributed by atoms with van der Waals surface area (Å²) in [6.07, 6.45) is -4.42. The Bertz CT molecular complexity index is 574. The fourth-order valence-corrected chi connectivity index (χ4v) is 1.91. The second kappa shape index (κ2) is 9.36. The van der Waals surface area contributed by atoms with E-state index in [0.29, 0.717) is 0 Å². The Morgan fingerprint density at radius 2 is 1.76 bits per heavy atom. The van der Waals surface area contributed by atoms with Crippen LogP contribution in [0.3, 0.4) is 0 Å². The van der Waals surface area contributed by atoms with Crippen LogP contribution in [-0.4, -0.2) is 43.8 Å². The zero-order valence-electron chi connectivity index (χ0n) is 13.8. The summed E-state index contributed by atoms with van der Waals surface area (Å²) in [6.45, 7) is 1.59. The van der Waals surface area contributed by atoms with Crippen LogP contribution in [0.5, 0.6) is 0 Å². The molecule has 0 aliphatic rings. The number of ether oxygens (including phenoxy) is 1. The number of hydrogen-bond acceptors (Lipinski definition) is 3. The summed E-state index contributed by atoms with van der Waals surface area (Å²) in [7, 11) is 0. The van der Waals surface area contributed by atoms with Crippen LogP contribution in [0.2, 0.25) is 0 Å². The van der Waals surface area contributed by atoms with Crippen molar-refractivity contribution in [2.75, 3.05) is 19.8 Å². The number of nitrogens with one attached hydrogen (secondary N) is 2. The van der Waals surface area contributed by atoms with Crippen LogP contribution in [-0.2, 0) is 9.53 Å². The molecule has 0 aromatic heterocycles. The SMILES string of the molecule is CC(C)C(NC(=O)c1ccc(F)cc1)C(=O)NCCOCC(F)(F)F. The Morgan fingerprint density at radius 3 is 2.28 bits per heavy atom. The molecule has 9 heteroatoms.